The molecule has 0 bridgehead atoms. The molecule has 2 amide bonds. The summed E-state index contributed by atoms with van der Waals surface area (Å²) in [6, 6.07) is 7.95. The average molecular weight is 297 g/mol. The first-order chi connectivity index (χ1) is 9.40. The van der Waals surface area contributed by atoms with E-state index in [1.54, 1.807) is 37.3 Å². The van der Waals surface area contributed by atoms with Crippen molar-refractivity contribution in [2.24, 2.45) is 0 Å². The molecule has 0 saturated carbocycles. The lowest BCUT2D eigenvalue weighted by Gasteiger charge is -2.26. The van der Waals surface area contributed by atoms with Gasteiger partial charge in [-0.05, 0) is 25.0 Å². The van der Waals surface area contributed by atoms with Crippen LogP contribution in [-0.4, -0.2) is 23.7 Å². The molecule has 1 aromatic rings. The van der Waals surface area contributed by atoms with E-state index in [0.717, 1.165) is 5.57 Å². The molecule has 1 rings (SSSR count). The van der Waals surface area contributed by atoms with Gasteiger partial charge in [0.1, 0.15) is 0 Å². The van der Waals surface area contributed by atoms with Crippen LogP contribution in [-0.2, 0) is 10.3 Å². The lowest BCUT2D eigenvalue weighted by molar-refractivity contribution is -0.144. The Kier molecular flexibility index (Phi) is 5.58. The van der Waals surface area contributed by atoms with E-state index in [-0.39, 0.29) is 6.54 Å². The van der Waals surface area contributed by atoms with Gasteiger partial charge in [0.05, 0.1) is 0 Å². The molecule has 6 heteroatoms. The highest BCUT2D eigenvalue weighted by Gasteiger charge is 2.36. The highest BCUT2D eigenvalue weighted by atomic mass is 35.5. The smallest absolute Gasteiger partial charge is 0.333 e. The van der Waals surface area contributed by atoms with Crippen molar-refractivity contribution in [2.75, 3.05) is 6.54 Å². The molecule has 0 spiro atoms. The number of rotatable bonds is 5. The molecule has 0 heterocycles. The lowest BCUT2D eigenvalue weighted by Crippen LogP contribution is -2.53. The van der Waals surface area contributed by atoms with Crippen molar-refractivity contribution in [3.8, 4) is 0 Å². The average Bonchev–Trinajstić information content (AvgIpc) is 2.45. The number of aliphatic carboxylic acids is 1. The van der Waals surface area contributed by atoms with E-state index in [1.165, 1.54) is 12.5 Å². The largest absolute Gasteiger partial charge is 0.479 e. The van der Waals surface area contributed by atoms with Gasteiger partial charge in [-0.1, -0.05) is 41.9 Å². The Morgan fingerprint density at radius 3 is 2.45 bits per heavy atom. The van der Waals surface area contributed by atoms with Gasteiger partial charge in [0, 0.05) is 12.1 Å². The number of hydrogen-bond acceptors (Lipinski definition) is 2. The number of amides is 2. The molecule has 0 aliphatic heterocycles. The van der Waals surface area contributed by atoms with Crippen molar-refractivity contribution < 1.29 is 14.7 Å². The summed E-state index contributed by atoms with van der Waals surface area (Å²) in [7, 11) is 0. The van der Waals surface area contributed by atoms with Gasteiger partial charge < -0.3 is 15.7 Å². The summed E-state index contributed by atoms with van der Waals surface area (Å²) in [4.78, 5) is 23.3. The monoisotopic (exact) mass is 296 g/mol. The van der Waals surface area contributed by atoms with Crippen molar-refractivity contribution in [3.05, 3.63) is 47.0 Å². The van der Waals surface area contributed by atoms with E-state index in [4.69, 9.17) is 11.6 Å². The lowest BCUT2D eigenvalue weighted by atomic mass is 9.92. The normalized spacial score (nSPS) is 14.2. The van der Waals surface area contributed by atoms with E-state index < -0.39 is 17.5 Å². The van der Waals surface area contributed by atoms with Crippen molar-refractivity contribution in [3.63, 3.8) is 0 Å². The minimum Gasteiger partial charge on any atom is -0.479 e. The van der Waals surface area contributed by atoms with Crippen LogP contribution in [0.25, 0.3) is 0 Å². The number of carboxylic acid groups (broad SMARTS) is 1. The molecule has 0 aliphatic rings. The van der Waals surface area contributed by atoms with Crippen LogP contribution in [0.4, 0.5) is 4.79 Å². The zero-order valence-electron chi connectivity index (χ0n) is 11.3. The Hall–Kier alpha value is -2.01. The Balaban J connectivity index is 2.83. The number of benzene rings is 1. The number of halogens is 1. The maximum Gasteiger partial charge on any atom is 0.333 e. The third kappa shape index (κ3) is 3.99. The number of urea groups is 1. The minimum absolute atomic E-state index is 0.250. The van der Waals surface area contributed by atoms with Crippen LogP contribution >= 0.6 is 11.6 Å². The predicted molar refractivity (Wildman–Crippen MR) is 77.6 cm³/mol. The third-order valence-corrected chi connectivity index (χ3v) is 3.23. The van der Waals surface area contributed by atoms with E-state index in [2.05, 4.69) is 10.6 Å². The molecule has 108 valence electrons. The number of hydrogen-bond donors (Lipinski definition) is 3. The van der Waals surface area contributed by atoms with Crippen LogP contribution < -0.4 is 10.6 Å². The van der Waals surface area contributed by atoms with E-state index in [9.17, 15) is 14.7 Å². The van der Waals surface area contributed by atoms with Gasteiger partial charge in [0.2, 0.25) is 0 Å². The van der Waals surface area contributed by atoms with Gasteiger partial charge in [-0.3, -0.25) is 0 Å². The first kappa shape index (κ1) is 16.0. The fraction of sp³-hybridized carbons (Fsp3) is 0.286. The SMILES string of the molecule is C/C(=C/Cl)CNC(=O)NC(C)(C(=O)O)c1ccccc1. The quantitative estimate of drug-likeness (QED) is 0.781. The first-order valence-electron chi connectivity index (χ1n) is 6.01. The maximum absolute atomic E-state index is 11.8. The molecular weight excluding hydrogens is 280 g/mol. The van der Waals surface area contributed by atoms with Crippen LogP contribution in [0, 0.1) is 0 Å². The van der Waals surface area contributed by atoms with Crippen molar-refractivity contribution in [1.29, 1.82) is 0 Å². The number of carbonyl (C=O) groups is 2. The molecule has 0 fully saturated rings. The van der Waals surface area contributed by atoms with Crippen LogP contribution in [0.15, 0.2) is 41.4 Å². The van der Waals surface area contributed by atoms with Crippen molar-refractivity contribution in [2.45, 2.75) is 19.4 Å². The molecule has 1 unspecified atom stereocenters. The predicted octanol–water partition coefficient (Wildman–Crippen LogP) is 2.43. The highest BCUT2D eigenvalue weighted by Crippen LogP contribution is 2.20. The summed E-state index contributed by atoms with van der Waals surface area (Å²) in [5.41, 5.74) is 1.11. The second-order valence-corrected chi connectivity index (χ2v) is 4.78. The summed E-state index contributed by atoms with van der Waals surface area (Å²) < 4.78 is 0. The molecule has 1 atom stereocenters. The van der Waals surface area contributed by atoms with Gasteiger partial charge in [0.25, 0.3) is 0 Å². The zero-order chi connectivity index (χ0) is 15.2. The van der Waals surface area contributed by atoms with Crippen LogP contribution in [0.5, 0.6) is 0 Å². The Morgan fingerprint density at radius 1 is 1.35 bits per heavy atom. The molecular formula is C14H17ClN2O3. The minimum atomic E-state index is -1.50. The summed E-state index contributed by atoms with van der Waals surface area (Å²) in [5, 5.41) is 14.4. The topological polar surface area (TPSA) is 78.4 Å². The van der Waals surface area contributed by atoms with Crippen LogP contribution in [0.1, 0.15) is 19.4 Å². The summed E-state index contributed by atoms with van der Waals surface area (Å²) in [6.07, 6.45) is 0. The summed E-state index contributed by atoms with van der Waals surface area (Å²) >= 11 is 5.49. The second-order valence-electron chi connectivity index (χ2n) is 4.56. The Morgan fingerprint density at radius 2 is 1.95 bits per heavy atom. The zero-order valence-corrected chi connectivity index (χ0v) is 12.1. The molecule has 3 N–H and O–H groups in total. The molecule has 0 aromatic heterocycles. The van der Waals surface area contributed by atoms with Crippen LogP contribution in [0.2, 0.25) is 0 Å². The molecule has 0 saturated heterocycles. The molecule has 20 heavy (non-hydrogen) atoms. The number of carbonyl (C=O) groups excluding carboxylic acids is 1. The van der Waals surface area contributed by atoms with Crippen molar-refractivity contribution in [1.82, 2.24) is 10.6 Å². The summed E-state index contributed by atoms with van der Waals surface area (Å²) in [5.74, 6) is -1.14. The molecule has 0 aliphatic carbocycles. The molecule has 5 nitrogen and oxygen atoms in total. The van der Waals surface area contributed by atoms with E-state index in [1.807, 2.05) is 0 Å². The molecule has 1 aromatic carbocycles. The van der Waals surface area contributed by atoms with Gasteiger partial charge in [-0.15, -0.1) is 0 Å². The Bertz CT molecular complexity index is 516. The van der Waals surface area contributed by atoms with Gasteiger partial charge >= 0.3 is 12.0 Å². The second kappa shape index (κ2) is 6.96. The standard InChI is InChI=1S/C14H17ClN2O3/c1-10(8-15)9-16-13(20)17-14(2,12(18)19)11-6-4-3-5-7-11/h3-8H,9H2,1-2H3,(H,18,19)(H2,16,17,20)/b10-8-. The Labute approximate surface area is 122 Å². The van der Waals surface area contributed by atoms with E-state index >= 15 is 0 Å². The number of nitrogens with one attached hydrogen (secondary N) is 2. The fourth-order valence-corrected chi connectivity index (χ4v) is 1.63. The van der Waals surface area contributed by atoms with Gasteiger partial charge in [-0.25, -0.2) is 9.59 Å². The first-order valence-corrected chi connectivity index (χ1v) is 6.44. The molecule has 0 radical (unpaired) electrons. The number of carboxylic acids is 1. The van der Waals surface area contributed by atoms with Crippen molar-refractivity contribution >= 4 is 23.6 Å². The van der Waals surface area contributed by atoms with Gasteiger partial charge in [-0.2, -0.15) is 0 Å². The maximum atomic E-state index is 11.8. The third-order valence-electron chi connectivity index (χ3n) is 2.86. The fourth-order valence-electron chi connectivity index (χ4n) is 1.55. The van der Waals surface area contributed by atoms with Crippen LogP contribution in [0.3, 0.4) is 0 Å². The highest BCUT2D eigenvalue weighted by molar-refractivity contribution is 6.25. The van der Waals surface area contributed by atoms with E-state index in [0.29, 0.717) is 5.56 Å². The summed E-state index contributed by atoms with van der Waals surface area (Å²) in [6.45, 7) is 3.44. The van der Waals surface area contributed by atoms with Gasteiger partial charge in [0.15, 0.2) is 5.54 Å².